The molecule has 19 heavy (non-hydrogen) atoms. The molecular weight excluding hydrogens is 271 g/mol. The third-order valence-electron chi connectivity index (χ3n) is 3.28. The van der Waals surface area contributed by atoms with E-state index in [-0.39, 0.29) is 5.69 Å². The minimum absolute atomic E-state index is 0.161. The van der Waals surface area contributed by atoms with E-state index in [4.69, 9.17) is 5.73 Å². The highest BCUT2D eigenvalue weighted by Gasteiger charge is 2.29. The number of hydrogen-bond donors (Lipinski definition) is 3. The van der Waals surface area contributed by atoms with Crippen LogP contribution in [-0.2, 0) is 10.0 Å². The van der Waals surface area contributed by atoms with Crippen LogP contribution < -0.4 is 10.5 Å². The van der Waals surface area contributed by atoms with Crippen LogP contribution in [0.5, 0.6) is 0 Å². The second-order valence-electron chi connectivity index (χ2n) is 4.77. The van der Waals surface area contributed by atoms with Gasteiger partial charge in [0, 0.05) is 11.7 Å². The minimum Gasteiger partial charge on any atom is -0.399 e. The molecule has 0 heterocycles. The SMILES string of the molecule is Nc1ccc(S(=O)(=O)N[C@H]2CCCC[C@@H]2O)c(F)c1. The van der Waals surface area contributed by atoms with Gasteiger partial charge in [-0.15, -0.1) is 0 Å². The lowest BCUT2D eigenvalue weighted by atomic mass is 9.93. The van der Waals surface area contributed by atoms with Gasteiger partial charge < -0.3 is 10.8 Å². The van der Waals surface area contributed by atoms with Crippen LogP contribution in [0, 0.1) is 5.82 Å². The first kappa shape index (κ1) is 14.2. The number of hydrogen-bond acceptors (Lipinski definition) is 4. The predicted molar refractivity (Wildman–Crippen MR) is 69.4 cm³/mol. The summed E-state index contributed by atoms with van der Waals surface area (Å²) in [6, 6.07) is 2.86. The molecule has 0 spiro atoms. The Bertz CT molecular complexity index is 562. The van der Waals surface area contributed by atoms with Gasteiger partial charge in [-0.25, -0.2) is 17.5 Å². The van der Waals surface area contributed by atoms with Crippen molar-refractivity contribution in [2.45, 2.75) is 42.7 Å². The predicted octanol–water partition coefficient (Wildman–Crippen LogP) is 0.990. The van der Waals surface area contributed by atoms with Crippen LogP contribution >= 0.6 is 0 Å². The lowest BCUT2D eigenvalue weighted by Crippen LogP contribution is -2.45. The summed E-state index contributed by atoms with van der Waals surface area (Å²) >= 11 is 0. The third kappa shape index (κ3) is 3.23. The highest BCUT2D eigenvalue weighted by molar-refractivity contribution is 7.89. The first-order chi connectivity index (χ1) is 8.90. The fraction of sp³-hybridized carbons (Fsp3) is 0.500. The summed E-state index contributed by atoms with van der Waals surface area (Å²) in [5.41, 5.74) is 5.54. The van der Waals surface area contributed by atoms with Gasteiger partial charge in [-0.1, -0.05) is 12.8 Å². The van der Waals surface area contributed by atoms with Crippen molar-refractivity contribution in [2.24, 2.45) is 0 Å². The molecule has 1 aliphatic rings. The molecule has 0 aromatic heterocycles. The van der Waals surface area contributed by atoms with Crippen molar-refractivity contribution < 1.29 is 17.9 Å². The van der Waals surface area contributed by atoms with Gasteiger partial charge in [0.1, 0.15) is 10.7 Å². The summed E-state index contributed by atoms with van der Waals surface area (Å²) in [7, 11) is -3.98. The molecule has 0 aliphatic heterocycles. The van der Waals surface area contributed by atoms with E-state index in [0.29, 0.717) is 12.8 Å². The molecule has 0 bridgehead atoms. The summed E-state index contributed by atoms with van der Waals surface area (Å²) in [6.07, 6.45) is 2.10. The van der Waals surface area contributed by atoms with E-state index in [0.717, 1.165) is 25.0 Å². The maximum atomic E-state index is 13.6. The number of nitrogens with one attached hydrogen (secondary N) is 1. The van der Waals surface area contributed by atoms with E-state index in [1.165, 1.54) is 6.07 Å². The van der Waals surface area contributed by atoms with Gasteiger partial charge in [0.05, 0.1) is 6.10 Å². The standard InChI is InChI=1S/C12H17FN2O3S/c13-9-7-8(14)5-6-12(9)19(17,18)15-10-3-1-2-4-11(10)16/h5-7,10-11,15-16H,1-4,14H2/t10-,11-/m0/s1. The number of nitrogen functional groups attached to an aromatic ring is 1. The number of aliphatic hydroxyl groups is 1. The van der Waals surface area contributed by atoms with Crippen molar-refractivity contribution in [3.63, 3.8) is 0 Å². The zero-order valence-corrected chi connectivity index (χ0v) is 11.2. The Balaban J connectivity index is 2.22. The number of sulfonamides is 1. The average Bonchev–Trinajstić information content (AvgIpc) is 2.31. The molecule has 1 aliphatic carbocycles. The zero-order chi connectivity index (χ0) is 14.0. The average molecular weight is 288 g/mol. The lowest BCUT2D eigenvalue weighted by Gasteiger charge is -2.28. The van der Waals surface area contributed by atoms with Gasteiger partial charge in [-0.3, -0.25) is 0 Å². The van der Waals surface area contributed by atoms with Crippen LogP contribution in [0.2, 0.25) is 0 Å². The Morgan fingerprint density at radius 2 is 2.00 bits per heavy atom. The lowest BCUT2D eigenvalue weighted by molar-refractivity contribution is 0.101. The molecule has 1 saturated carbocycles. The second kappa shape index (κ2) is 5.44. The van der Waals surface area contributed by atoms with Crippen LogP contribution in [0.15, 0.2) is 23.1 Å². The third-order valence-corrected chi connectivity index (χ3v) is 4.80. The molecule has 0 radical (unpaired) electrons. The van der Waals surface area contributed by atoms with E-state index in [1.54, 1.807) is 0 Å². The van der Waals surface area contributed by atoms with E-state index >= 15 is 0 Å². The van der Waals surface area contributed by atoms with Crippen molar-refractivity contribution >= 4 is 15.7 Å². The Morgan fingerprint density at radius 1 is 1.32 bits per heavy atom. The first-order valence-corrected chi connectivity index (χ1v) is 7.64. The molecule has 5 nitrogen and oxygen atoms in total. The summed E-state index contributed by atoms with van der Waals surface area (Å²) in [6.45, 7) is 0. The van der Waals surface area contributed by atoms with Crippen LogP contribution in [0.4, 0.5) is 10.1 Å². The van der Waals surface area contributed by atoms with E-state index in [9.17, 15) is 17.9 Å². The van der Waals surface area contributed by atoms with Crippen molar-refractivity contribution in [3.05, 3.63) is 24.0 Å². The Morgan fingerprint density at radius 3 is 2.63 bits per heavy atom. The highest BCUT2D eigenvalue weighted by atomic mass is 32.2. The largest absolute Gasteiger partial charge is 0.399 e. The number of rotatable bonds is 3. The van der Waals surface area contributed by atoms with Crippen molar-refractivity contribution in [3.8, 4) is 0 Å². The Hall–Kier alpha value is -1.18. The summed E-state index contributed by atoms with van der Waals surface area (Å²) in [4.78, 5) is -0.445. The number of anilines is 1. The summed E-state index contributed by atoms with van der Waals surface area (Å²) in [5, 5.41) is 9.75. The monoisotopic (exact) mass is 288 g/mol. The fourth-order valence-electron chi connectivity index (χ4n) is 2.25. The van der Waals surface area contributed by atoms with Crippen molar-refractivity contribution in [1.82, 2.24) is 4.72 Å². The van der Waals surface area contributed by atoms with Gasteiger partial charge in [0.2, 0.25) is 10.0 Å². The molecule has 2 atom stereocenters. The van der Waals surface area contributed by atoms with E-state index in [1.807, 2.05) is 0 Å². The smallest absolute Gasteiger partial charge is 0.243 e. The summed E-state index contributed by atoms with van der Waals surface area (Å²) in [5.74, 6) is -0.891. The molecular formula is C12H17FN2O3S. The number of aliphatic hydroxyl groups excluding tert-OH is 1. The Kier molecular flexibility index (Phi) is 4.07. The molecule has 7 heteroatoms. The number of halogens is 1. The van der Waals surface area contributed by atoms with Crippen LogP contribution in [0.1, 0.15) is 25.7 Å². The maximum absolute atomic E-state index is 13.6. The van der Waals surface area contributed by atoms with Gasteiger partial charge in [-0.05, 0) is 31.0 Å². The van der Waals surface area contributed by atoms with Gasteiger partial charge >= 0.3 is 0 Å². The molecule has 0 saturated heterocycles. The van der Waals surface area contributed by atoms with Crippen LogP contribution in [-0.4, -0.2) is 25.7 Å². The second-order valence-corrected chi connectivity index (χ2v) is 6.45. The Labute approximate surface area is 111 Å². The maximum Gasteiger partial charge on any atom is 0.243 e. The number of nitrogens with two attached hydrogens (primary N) is 1. The molecule has 1 aromatic rings. The zero-order valence-electron chi connectivity index (χ0n) is 10.3. The molecule has 2 rings (SSSR count). The molecule has 0 unspecified atom stereocenters. The van der Waals surface area contributed by atoms with Crippen molar-refractivity contribution in [1.29, 1.82) is 0 Å². The van der Waals surface area contributed by atoms with Crippen LogP contribution in [0.3, 0.4) is 0 Å². The van der Waals surface area contributed by atoms with E-state index < -0.39 is 32.9 Å². The van der Waals surface area contributed by atoms with Crippen molar-refractivity contribution in [2.75, 3.05) is 5.73 Å². The first-order valence-electron chi connectivity index (χ1n) is 6.15. The number of benzene rings is 1. The molecule has 0 amide bonds. The summed E-state index contributed by atoms with van der Waals surface area (Å²) < 4.78 is 40.1. The molecule has 1 fully saturated rings. The van der Waals surface area contributed by atoms with Gasteiger partial charge in [0.15, 0.2) is 0 Å². The minimum atomic E-state index is -3.98. The van der Waals surface area contributed by atoms with E-state index in [2.05, 4.69) is 4.72 Å². The van der Waals surface area contributed by atoms with Gasteiger partial charge in [0.25, 0.3) is 0 Å². The molecule has 1 aromatic carbocycles. The quantitative estimate of drug-likeness (QED) is 0.723. The normalized spacial score (nSPS) is 24.3. The fourth-order valence-corrected chi connectivity index (χ4v) is 3.61. The van der Waals surface area contributed by atoms with Crippen LogP contribution in [0.25, 0.3) is 0 Å². The molecule has 4 N–H and O–H groups in total. The topological polar surface area (TPSA) is 92.4 Å². The molecule has 106 valence electrons. The highest BCUT2D eigenvalue weighted by Crippen LogP contribution is 2.22. The van der Waals surface area contributed by atoms with Gasteiger partial charge in [-0.2, -0.15) is 0 Å².